The Morgan fingerprint density at radius 1 is 1.08 bits per heavy atom. The number of anilines is 1. The Labute approximate surface area is 156 Å². The lowest BCUT2D eigenvalue weighted by molar-refractivity contribution is 0.414. The Morgan fingerprint density at radius 3 is 2.32 bits per heavy atom. The third-order valence-corrected chi connectivity index (χ3v) is 4.38. The van der Waals surface area contributed by atoms with Gasteiger partial charge in [-0.2, -0.15) is 0 Å². The summed E-state index contributed by atoms with van der Waals surface area (Å²) in [6.07, 6.45) is 1.00. The van der Waals surface area contributed by atoms with Gasteiger partial charge in [-0.05, 0) is 67.7 Å². The lowest BCUT2D eigenvalue weighted by atomic mass is 9.97. The molecule has 0 aliphatic rings. The Kier molecular flexibility index (Phi) is 6.82. The van der Waals surface area contributed by atoms with Crippen LogP contribution in [0.15, 0.2) is 42.5 Å². The molecule has 0 radical (unpaired) electrons. The van der Waals surface area contributed by atoms with Crippen LogP contribution in [-0.4, -0.2) is 12.2 Å². The van der Waals surface area contributed by atoms with Crippen LogP contribution in [0.4, 0.5) is 5.69 Å². The van der Waals surface area contributed by atoms with Crippen LogP contribution < -0.4 is 15.4 Å². The van der Waals surface area contributed by atoms with E-state index in [4.69, 9.17) is 17.0 Å². The number of rotatable bonds is 6. The van der Waals surface area contributed by atoms with Crippen LogP contribution >= 0.6 is 12.2 Å². The van der Waals surface area contributed by atoms with E-state index >= 15 is 0 Å². The molecule has 0 aliphatic carbocycles. The quantitative estimate of drug-likeness (QED) is 0.680. The van der Waals surface area contributed by atoms with Gasteiger partial charge in [-0.25, -0.2) is 0 Å². The third kappa shape index (κ3) is 5.75. The summed E-state index contributed by atoms with van der Waals surface area (Å²) in [6.45, 7) is 8.63. The fourth-order valence-corrected chi connectivity index (χ4v) is 3.11. The highest BCUT2D eigenvalue weighted by molar-refractivity contribution is 7.80. The highest BCUT2D eigenvalue weighted by atomic mass is 32.1. The van der Waals surface area contributed by atoms with Gasteiger partial charge >= 0.3 is 0 Å². The molecule has 0 aliphatic heterocycles. The van der Waals surface area contributed by atoms with E-state index in [0.717, 1.165) is 17.9 Å². The zero-order valence-electron chi connectivity index (χ0n) is 15.7. The van der Waals surface area contributed by atoms with Gasteiger partial charge in [0.15, 0.2) is 5.11 Å². The first-order chi connectivity index (χ1) is 11.9. The summed E-state index contributed by atoms with van der Waals surface area (Å²) >= 11 is 5.56. The Balaban J connectivity index is 2.11. The highest BCUT2D eigenvalue weighted by Crippen LogP contribution is 2.24. The molecule has 0 amide bonds. The molecule has 1 unspecified atom stereocenters. The Morgan fingerprint density at radius 2 is 1.76 bits per heavy atom. The summed E-state index contributed by atoms with van der Waals surface area (Å²) in [4.78, 5) is 0. The monoisotopic (exact) mass is 356 g/mol. The van der Waals surface area contributed by atoms with Crippen molar-refractivity contribution in [2.75, 3.05) is 12.4 Å². The predicted molar refractivity (Wildman–Crippen MR) is 110 cm³/mol. The number of hydrogen-bond acceptors (Lipinski definition) is 2. The molecule has 2 aromatic rings. The van der Waals surface area contributed by atoms with Gasteiger partial charge in [-0.1, -0.05) is 43.7 Å². The first kappa shape index (κ1) is 19.3. The van der Waals surface area contributed by atoms with Gasteiger partial charge in [0.1, 0.15) is 5.75 Å². The van der Waals surface area contributed by atoms with Crippen LogP contribution in [0.2, 0.25) is 0 Å². The number of benzene rings is 2. The van der Waals surface area contributed by atoms with E-state index in [-0.39, 0.29) is 6.04 Å². The van der Waals surface area contributed by atoms with Gasteiger partial charge in [0.05, 0.1) is 13.2 Å². The second-order valence-corrected chi connectivity index (χ2v) is 7.28. The van der Waals surface area contributed by atoms with E-state index in [2.05, 4.69) is 68.7 Å². The molecule has 0 fully saturated rings. The number of methoxy groups -OCH3 is 1. The molecule has 2 rings (SSSR count). The maximum absolute atomic E-state index is 5.56. The fourth-order valence-electron chi connectivity index (χ4n) is 2.86. The van der Waals surface area contributed by atoms with Gasteiger partial charge in [0.2, 0.25) is 0 Å². The van der Waals surface area contributed by atoms with Gasteiger partial charge in [-0.3, -0.25) is 0 Å². The van der Waals surface area contributed by atoms with Crippen LogP contribution in [-0.2, 0) is 0 Å². The second kappa shape index (κ2) is 8.86. The average molecular weight is 357 g/mol. The molecule has 2 N–H and O–H groups in total. The van der Waals surface area contributed by atoms with E-state index in [0.29, 0.717) is 11.0 Å². The van der Waals surface area contributed by atoms with E-state index in [9.17, 15) is 0 Å². The van der Waals surface area contributed by atoms with Crippen LogP contribution in [0.3, 0.4) is 0 Å². The summed E-state index contributed by atoms with van der Waals surface area (Å²) in [6, 6.07) is 14.7. The maximum Gasteiger partial charge on any atom is 0.171 e. The zero-order chi connectivity index (χ0) is 18.4. The van der Waals surface area contributed by atoms with E-state index in [1.807, 2.05) is 12.1 Å². The van der Waals surface area contributed by atoms with Crippen LogP contribution in [0.5, 0.6) is 5.75 Å². The van der Waals surface area contributed by atoms with Crippen molar-refractivity contribution in [2.45, 2.75) is 40.2 Å². The molecule has 0 saturated carbocycles. The summed E-state index contributed by atoms with van der Waals surface area (Å²) in [5, 5.41) is 7.45. The minimum atomic E-state index is 0.164. The van der Waals surface area contributed by atoms with Crippen molar-refractivity contribution in [3.8, 4) is 5.75 Å². The third-order valence-electron chi connectivity index (χ3n) is 4.16. The van der Waals surface area contributed by atoms with E-state index < -0.39 is 0 Å². The molecule has 134 valence electrons. The number of ether oxygens (including phenoxy) is 1. The van der Waals surface area contributed by atoms with Crippen molar-refractivity contribution < 1.29 is 4.74 Å². The van der Waals surface area contributed by atoms with Gasteiger partial charge in [-0.15, -0.1) is 0 Å². The Hall–Kier alpha value is -2.07. The van der Waals surface area contributed by atoms with Crippen molar-refractivity contribution in [1.82, 2.24) is 5.32 Å². The van der Waals surface area contributed by atoms with Crippen molar-refractivity contribution in [1.29, 1.82) is 0 Å². The van der Waals surface area contributed by atoms with Crippen LogP contribution in [0, 0.1) is 19.8 Å². The number of hydrogen-bond donors (Lipinski definition) is 2. The van der Waals surface area contributed by atoms with Crippen molar-refractivity contribution in [3.05, 3.63) is 59.2 Å². The second-order valence-electron chi connectivity index (χ2n) is 6.87. The van der Waals surface area contributed by atoms with Gasteiger partial charge < -0.3 is 15.4 Å². The molecule has 0 aromatic heterocycles. The molecule has 2 aromatic carbocycles. The minimum Gasteiger partial charge on any atom is -0.497 e. The smallest absolute Gasteiger partial charge is 0.171 e. The predicted octanol–water partition coefficient (Wildman–Crippen LogP) is 5.39. The number of thiocarbonyl (C=S) groups is 1. The van der Waals surface area contributed by atoms with Gasteiger partial charge in [0, 0.05) is 5.69 Å². The lowest BCUT2D eigenvalue weighted by Crippen LogP contribution is -2.33. The molecular weight excluding hydrogens is 328 g/mol. The summed E-state index contributed by atoms with van der Waals surface area (Å²) < 4.78 is 5.25. The molecule has 0 saturated heterocycles. The molecule has 3 nitrogen and oxygen atoms in total. The first-order valence-corrected chi connectivity index (χ1v) is 9.08. The average Bonchev–Trinajstić information content (AvgIpc) is 2.56. The van der Waals surface area contributed by atoms with Crippen molar-refractivity contribution in [2.24, 2.45) is 5.92 Å². The van der Waals surface area contributed by atoms with Crippen molar-refractivity contribution >= 4 is 23.0 Å². The first-order valence-electron chi connectivity index (χ1n) is 8.67. The fraction of sp³-hybridized carbons (Fsp3) is 0.381. The molecular formula is C21H28N2OS. The highest BCUT2D eigenvalue weighted by Gasteiger charge is 2.15. The molecule has 25 heavy (non-hydrogen) atoms. The minimum absolute atomic E-state index is 0.164. The molecule has 4 heteroatoms. The maximum atomic E-state index is 5.56. The lowest BCUT2D eigenvalue weighted by Gasteiger charge is -2.23. The molecule has 0 spiro atoms. The van der Waals surface area contributed by atoms with Crippen LogP contribution in [0.1, 0.15) is 43.0 Å². The topological polar surface area (TPSA) is 33.3 Å². The standard InChI is InChI=1S/C21H28N2OS/c1-14(2)12-20(17-7-9-18(24-5)10-8-17)23-21(25)22-19-11-6-15(3)13-16(19)4/h6-11,13-14,20H,12H2,1-5H3,(H2,22,23,25). The largest absolute Gasteiger partial charge is 0.497 e. The summed E-state index contributed by atoms with van der Waals surface area (Å²) in [5.41, 5.74) is 4.69. The van der Waals surface area contributed by atoms with Crippen molar-refractivity contribution in [3.63, 3.8) is 0 Å². The molecule has 1 atom stereocenters. The van der Waals surface area contributed by atoms with E-state index in [1.54, 1.807) is 7.11 Å². The number of aryl methyl sites for hydroxylation is 2. The summed E-state index contributed by atoms with van der Waals surface area (Å²) in [5.74, 6) is 1.42. The zero-order valence-corrected chi connectivity index (χ0v) is 16.5. The van der Waals surface area contributed by atoms with E-state index in [1.165, 1.54) is 16.7 Å². The summed E-state index contributed by atoms with van der Waals surface area (Å²) in [7, 11) is 1.68. The molecule has 0 heterocycles. The Bertz CT molecular complexity index is 710. The number of nitrogens with one attached hydrogen (secondary N) is 2. The SMILES string of the molecule is COc1ccc(C(CC(C)C)NC(=S)Nc2ccc(C)cc2C)cc1. The molecule has 0 bridgehead atoms. The van der Waals surface area contributed by atoms with Gasteiger partial charge in [0.25, 0.3) is 0 Å². The van der Waals surface area contributed by atoms with Crippen LogP contribution in [0.25, 0.3) is 0 Å². The normalized spacial score (nSPS) is 11.9.